The number of rotatable bonds is 3. The Morgan fingerprint density at radius 1 is 0.889 bits per heavy atom. The molecule has 36 heavy (non-hydrogen) atoms. The lowest BCUT2D eigenvalue weighted by atomic mass is 9.47. The van der Waals surface area contributed by atoms with Gasteiger partial charge in [-0.1, -0.05) is 42.5 Å². The van der Waals surface area contributed by atoms with E-state index in [2.05, 4.69) is 45.7 Å². The number of ketones is 1. The Morgan fingerprint density at radius 2 is 1.47 bits per heavy atom. The fourth-order valence-corrected chi connectivity index (χ4v) is 9.81. The number of carbonyl (C=O) groups is 1. The quantitative estimate of drug-likeness (QED) is 0.381. The Labute approximate surface area is 226 Å². The van der Waals surface area contributed by atoms with Crippen molar-refractivity contribution in [3.63, 3.8) is 0 Å². The lowest BCUT2D eigenvalue weighted by molar-refractivity contribution is -0.148. The van der Waals surface area contributed by atoms with Crippen LogP contribution in [0.25, 0.3) is 6.08 Å². The molecule has 4 aliphatic carbocycles. The Morgan fingerprint density at radius 3 is 2.08 bits per heavy atom. The molecule has 4 nitrogen and oxygen atoms in total. The van der Waals surface area contributed by atoms with Crippen LogP contribution in [-0.2, 0) is 4.79 Å². The van der Waals surface area contributed by atoms with E-state index in [9.17, 15) is 15.3 Å². The Bertz CT molecular complexity index is 1330. The first-order chi connectivity index (χ1) is 17.5. The van der Waals surface area contributed by atoms with Gasteiger partial charge in [-0.15, -0.1) is 0 Å². The maximum Gasteiger partial charge on any atom is 0.177 e. The van der Waals surface area contributed by atoms with Crippen molar-refractivity contribution < 1.29 is 4.79 Å². The van der Waals surface area contributed by atoms with Crippen LogP contribution in [0.4, 0.5) is 0 Å². The number of carbonyl (C=O) groups excluding carboxylic acids is 1. The molecule has 4 bridgehead atoms. The molecule has 0 unspecified atom stereocenters. The molecule has 0 radical (unpaired) electrons. The van der Waals surface area contributed by atoms with Crippen LogP contribution in [-0.4, -0.2) is 16.7 Å². The van der Waals surface area contributed by atoms with Gasteiger partial charge in [-0.2, -0.15) is 10.5 Å². The zero-order valence-electron chi connectivity index (χ0n) is 20.1. The summed E-state index contributed by atoms with van der Waals surface area (Å²) in [7, 11) is 0. The molecular weight excluding hydrogens is 557 g/mol. The molecule has 5 fully saturated rings. The molecule has 0 aromatic heterocycles. The predicted molar refractivity (Wildman–Crippen MR) is 145 cm³/mol. The monoisotopic (exact) mass is 585 g/mol. The van der Waals surface area contributed by atoms with E-state index < -0.39 is 23.4 Å². The highest BCUT2D eigenvalue weighted by Crippen LogP contribution is 2.65. The van der Waals surface area contributed by atoms with E-state index in [1.165, 1.54) is 19.3 Å². The fraction of sp³-hybridized carbons (Fsp3) is 0.452. The Hall–Kier alpha value is -2.64. The second kappa shape index (κ2) is 7.93. The third kappa shape index (κ3) is 2.93. The summed E-state index contributed by atoms with van der Waals surface area (Å²) < 4.78 is 1.01. The van der Waals surface area contributed by atoms with Gasteiger partial charge >= 0.3 is 0 Å². The van der Waals surface area contributed by atoms with Crippen LogP contribution >= 0.6 is 22.6 Å². The summed E-state index contributed by atoms with van der Waals surface area (Å²) in [5.74, 6) is 1.74. The number of fused-ring (bicyclic) bond motifs is 3. The number of Topliss-reactive ketones (excluding diaryl/α,β-unsaturated/α-hetero) is 1. The lowest BCUT2D eigenvalue weighted by Gasteiger charge is -2.57. The molecule has 5 heteroatoms. The van der Waals surface area contributed by atoms with Gasteiger partial charge in [-0.25, -0.2) is 0 Å². The molecule has 0 N–H and O–H groups in total. The van der Waals surface area contributed by atoms with Gasteiger partial charge in [0.05, 0.1) is 24.2 Å². The highest BCUT2D eigenvalue weighted by Gasteiger charge is 2.67. The van der Waals surface area contributed by atoms with Crippen LogP contribution in [0.3, 0.4) is 0 Å². The van der Waals surface area contributed by atoms with Crippen molar-refractivity contribution in [3.8, 4) is 12.1 Å². The first kappa shape index (κ1) is 22.5. The Balaban J connectivity index is 1.44. The second-order valence-corrected chi connectivity index (χ2v) is 13.1. The van der Waals surface area contributed by atoms with Crippen molar-refractivity contribution in [2.75, 3.05) is 0 Å². The average Bonchev–Trinajstić information content (AvgIpc) is 3.18. The molecule has 2 aliphatic heterocycles. The highest BCUT2D eigenvalue weighted by molar-refractivity contribution is 14.1. The summed E-state index contributed by atoms with van der Waals surface area (Å²) >= 11 is 2.31. The van der Waals surface area contributed by atoms with Crippen molar-refractivity contribution in [1.82, 2.24) is 4.90 Å². The van der Waals surface area contributed by atoms with E-state index in [-0.39, 0.29) is 11.2 Å². The van der Waals surface area contributed by atoms with E-state index in [0.29, 0.717) is 17.8 Å². The van der Waals surface area contributed by atoms with Crippen molar-refractivity contribution in [2.45, 2.75) is 56.5 Å². The van der Waals surface area contributed by atoms with Crippen LogP contribution in [0.1, 0.15) is 67.2 Å². The zero-order valence-corrected chi connectivity index (χ0v) is 22.3. The van der Waals surface area contributed by atoms with Gasteiger partial charge in [0.2, 0.25) is 0 Å². The number of benzene rings is 2. The van der Waals surface area contributed by atoms with Gasteiger partial charge < -0.3 is 4.90 Å². The largest absolute Gasteiger partial charge is 0.357 e. The van der Waals surface area contributed by atoms with E-state index in [1.54, 1.807) is 0 Å². The van der Waals surface area contributed by atoms with E-state index in [4.69, 9.17) is 0 Å². The number of hydrogen-bond acceptors (Lipinski definition) is 4. The molecular formula is C31H28IN3O. The summed E-state index contributed by atoms with van der Waals surface area (Å²) in [6.45, 7) is 0. The summed E-state index contributed by atoms with van der Waals surface area (Å²) in [5.41, 5.74) is 1.27. The van der Waals surface area contributed by atoms with E-state index in [0.717, 1.165) is 39.5 Å². The van der Waals surface area contributed by atoms with Gasteiger partial charge in [-0.3, -0.25) is 4.79 Å². The molecule has 6 aliphatic rings. The number of nitriles is 2. The van der Waals surface area contributed by atoms with Gasteiger partial charge in [0.15, 0.2) is 11.2 Å². The summed E-state index contributed by atoms with van der Waals surface area (Å²) in [6.07, 6.45) is 10.8. The molecule has 2 aromatic rings. The molecule has 0 amide bonds. The van der Waals surface area contributed by atoms with Gasteiger partial charge in [0.25, 0.3) is 0 Å². The first-order valence-electron chi connectivity index (χ1n) is 13.2. The van der Waals surface area contributed by atoms with Crippen molar-refractivity contribution in [1.29, 1.82) is 10.5 Å². The fourth-order valence-electron chi connectivity index (χ4n) is 9.09. The van der Waals surface area contributed by atoms with E-state index >= 15 is 0 Å². The first-order valence-corrected chi connectivity index (χ1v) is 14.2. The average molecular weight is 585 g/mol. The highest BCUT2D eigenvalue weighted by atomic mass is 127. The number of hydrogen-bond donors (Lipinski definition) is 0. The third-order valence-corrected chi connectivity index (χ3v) is 11.0. The topological polar surface area (TPSA) is 67.9 Å². The summed E-state index contributed by atoms with van der Waals surface area (Å²) in [4.78, 5) is 17.1. The molecule has 0 spiro atoms. The minimum atomic E-state index is -1.37. The maximum atomic E-state index is 15.0. The number of halogens is 1. The third-order valence-electron chi connectivity index (χ3n) is 10.0. The minimum Gasteiger partial charge on any atom is -0.357 e. The van der Waals surface area contributed by atoms with Gasteiger partial charge in [-0.05, 0) is 108 Å². The minimum absolute atomic E-state index is 0.285. The van der Waals surface area contributed by atoms with Gasteiger partial charge in [0.1, 0.15) is 0 Å². The second-order valence-electron chi connectivity index (χ2n) is 11.9. The molecule has 2 aromatic carbocycles. The predicted octanol–water partition coefficient (Wildman–Crippen LogP) is 6.60. The Kier molecular flexibility index (Phi) is 4.97. The number of nitrogens with zero attached hydrogens (tertiary/aromatic N) is 3. The zero-order chi connectivity index (χ0) is 24.7. The lowest BCUT2D eigenvalue weighted by Crippen LogP contribution is -2.55. The smallest absolute Gasteiger partial charge is 0.177 e. The molecule has 4 saturated carbocycles. The van der Waals surface area contributed by atoms with Crippen LogP contribution in [0, 0.1) is 54.8 Å². The standard InChI is InChI=1S/C31H28IN3O/c32-25-8-4-3-7-24(25)26-27(29(36)30-14-19-11-20(15-30)13-21(12-19)16-30)35-10-9-22-5-1-2-6-23(22)28(35)31(26,17-33)18-34/h1-10,19-21,26-28H,11-16H2/t19?,20?,21?,26-,27-,28+,30?/m1/s1. The van der Waals surface area contributed by atoms with Crippen LogP contribution in [0.2, 0.25) is 0 Å². The van der Waals surface area contributed by atoms with E-state index in [1.807, 2.05) is 54.7 Å². The van der Waals surface area contributed by atoms with Gasteiger partial charge in [0, 0.05) is 21.1 Å². The molecule has 2 heterocycles. The molecule has 1 saturated heterocycles. The van der Waals surface area contributed by atoms with Crippen LogP contribution in [0.15, 0.2) is 54.7 Å². The molecule has 8 rings (SSSR count). The van der Waals surface area contributed by atoms with Crippen molar-refractivity contribution >= 4 is 34.5 Å². The van der Waals surface area contributed by atoms with Crippen LogP contribution in [0.5, 0.6) is 0 Å². The van der Waals surface area contributed by atoms with Crippen molar-refractivity contribution in [2.24, 2.45) is 28.6 Å². The van der Waals surface area contributed by atoms with Crippen molar-refractivity contribution in [3.05, 3.63) is 75.0 Å². The SMILES string of the molecule is N#CC1(C#N)[C@H](c2ccccc2I)[C@H](C(=O)C23CC4CC(CC(C4)C2)C3)N2C=Cc3ccccc3[C@H]21. The molecule has 3 atom stereocenters. The maximum absolute atomic E-state index is 15.0. The molecule has 180 valence electrons. The van der Waals surface area contributed by atoms with Crippen LogP contribution < -0.4 is 0 Å². The summed E-state index contributed by atoms with van der Waals surface area (Å²) in [5, 5.41) is 21.6. The summed E-state index contributed by atoms with van der Waals surface area (Å²) in [6, 6.07) is 20.1. The normalized spacial score (nSPS) is 36.6.